The van der Waals surface area contributed by atoms with Crippen molar-refractivity contribution in [1.82, 2.24) is 4.57 Å². The summed E-state index contributed by atoms with van der Waals surface area (Å²) in [7, 11) is 0. The monoisotopic (exact) mass is 576 g/mol. The highest BCUT2D eigenvalue weighted by Crippen LogP contribution is 2.52. The van der Waals surface area contributed by atoms with E-state index in [1.165, 1.54) is 22.3 Å². The maximum Gasteiger partial charge on any atom is 0.212 e. The zero-order chi connectivity index (χ0) is 30.7. The molecule has 0 N–H and O–H groups in total. The van der Waals surface area contributed by atoms with Crippen LogP contribution in [0.2, 0.25) is 0 Å². The van der Waals surface area contributed by atoms with Crippen LogP contribution in [-0.4, -0.2) is 4.57 Å². The van der Waals surface area contributed by atoms with Crippen molar-refractivity contribution in [1.29, 1.82) is 5.26 Å². The van der Waals surface area contributed by atoms with Gasteiger partial charge < -0.3 is 9.47 Å². The van der Waals surface area contributed by atoms with E-state index in [2.05, 4.69) is 113 Å². The van der Waals surface area contributed by atoms with Crippen LogP contribution in [0, 0.1) is 17.9 Å². The minimum atomic E-state index is -0.197. The molecule has 212 valence electrons. The number of nitrogens with zero attached hydrogens (tertiary/aromatic N) is 4. The van der Waals surface area contributed by atoms with Gasteiger partial charge in [-0.15, -0.1) is 0 Å². The lowest BCUT2D eigenvalue weighted by Crippen LogP contribution is -2.17. The fourth-order valence-electron chi connectivity index (χ4n) is 7.18. The zero-order valence-electron chi connectivity index (χ0n) is 25.0. The molecule has 1 aliphatic carbocycles. The van der Waals surface area contributed by atoms with E-state index in [-0.39, 0.29) is 5.41 Å². The van der Waals surface area contributed by atoms with E-state index in [1.54, 1.807) is 12.1 Å². The molecule has 0 bridgehead atoms. The Kier molecular flexibility index (Phi) is 5.88. The SMILES string of the molecule is [C-]#[N+]c1ccc(C#N)c(-n2c3ccccc3c3ccccc32)c1N(c1ccccc1)c1ccc2c(c1)C(C)(C)c1ccccc1-2. The first kappa shape index (κ1) is 26.5. The van der Waals surface area contributed by atoms with Crippen LogP contribution in [0.5, 0.6) is 0 Å². The molecule has 0 radical (unpaired) electrons. The van der Waals surface area contributed by atoms with Gasteiger partial charge >= 0.3 is 0 Å². The lowest BCUT2D eigenvalue weighted by molar-refractivity contribution is 0.660. The van der Waals surface area contributed by atoms with Gasteiger partial charge in [-0.05, 0) is 58.7 Å². The van der Waals surface area contributed by atoms with Crippen molar-refractivity contribution < 1.29 is 0 Å². The third kappa shape index (κ3) is 3.83. The molecule has 1 aliphatic rings. The second-order valence-corrected chi connectivity index (χ2v) is 12.0. The van der Waals surface area contributed by atoms with Crippen LogP contribution in [0.4, 0.5) is 22.7 Å². The highest BCUT2D eigenvalue weighted by molar-refractivity contribution is 6.10. The van der Waals surface area contributed by atoms with Crippen LogP contribution in [0.3, 0.4) is 0 Å². The van der Waals surface area contributed by atoms with E-state index < -0.39 is 0 Å². The van der Waals surface area contributed by atoms with Crippen LogP contribution >= 0.6 is 0 Å². The molecule has 4 heteroatoms. The molecule has 0 saturated carbocycles. The number of nitriles is 1. The number of hydrogen-bond donors (Lipinski definition) is 0. The first-order valence-electron chi connectivity index (χ1n) is 15.1. The van der Waals surface area contributed by atoms with Gasteiger partial charge in [-0.25, -0.2) is 4.85 Å². The molecule has 0 unspecified atom stereocenters. The Hall–Kier alpha value is -6.10. The molecule has 1 aromatic heterocycles. The molecule has 0 aliphatic heterocycles. The number of benzene rings is 6. The van der Waals surface area contributed by atoms with Crippen molar-refractivity contribution in [3.8, 4) is 22.9 Å². The Bertz CT molecular complexity index is 2330. The number of hydrogen-bond acceptors (Lipinski definition) is 2. The molecule has 1 heterocycles. The normalized spacial score (nSPS) is 12.8. The largest absolute Gasteiger partial charge is 0.318 e. The number of para-hydroxylation sites is 3. The molecule has 8 rings (SSSR count). The lowest BCUT2D eigenvalue weighted by atomic mass is 9.82. The van der Waals surface area contributed by atoms with Crippen LogP contribution in [0.25, 0.3) is 43.5 Å². The Labute approximate surface area is 262 Å². The van der Waals surface area contributed by atoms with Crippen molar-refractivity contribution >= 4 is 44.6 Å². The zero-order valence-corrected chi connectivity index (χ0v) is 25.0. The van der Waals surface area contributed by atoms with E-state index in [4.69, 9.17) is 6.57 Å². The van der Waals surface area contributed by atoms with Gasteiger partial charge in [0.15, 0.2) is 0 Å². The number of aromatic nitrogens is 1. The molecule has 0 saturated heterocycles. The van der Waals surface area contributed by atoms with Gasteiger partial charge in [-0.2, -0.15) is 5.26 Å². The summed E-state index contributed by atoms with van der Waals surface area (Å²) < 4.78 is 2.16. The fourth-order valence-corrected chi connectivity index (χ4v) is 7.18. The van der Waals surface area contributed by atoms with Crippen LogP contribution < -0.4 is 4.90 Å². The average molecular weight is 577 g/mol. The molecular weight excluding hydrogens is 548 g/mol. The molecule has 45 heavy (non-hydrogen) atoms. The molecule has 4 nitrogen and oxygen atoms in total. The first-order chi connectivity index (χ1) is 22.0. The Morgan fingerprint density at radius 3 is 1.98 bits per heavy atom. The summed E-state index contributed by atoms with van der Waals surface area (Å²) in [6.07, 6.45) is 0. The third-order valence-electron chi connectivity index (χ3n) is 9.24. The lowest BCUT2D eigenvalue weighted by Gasteiger charge is -2.31. The molecule has 0 atom stereocenters. The van der Waals surface area contributed by atoms with Gasteiger partial charge in [0.05, 0.1) is 34.5 Å². The summed E-state index contributed by atoms with van der Waals surface area (Å²) in [6, 6.07) is 48.0. The smallest absolute Gasteiger partial charge is 0.212 e. The molecular formula is C41H28N4. The summed E-state index contributed by atoms with van der Waals surface area (Å²) in [6.45, 7) is 12.9. The highest BCUT2D eigenvalue weighted by Gasteiger charge is 2.36. The predicted molar refractivity (Wildman–Crippen MR) is 184 cm³/mol. The van der Waals surface area contributed by atoms with E-state index in [9.17, 15) is 5.26 Å². The molecule has 0 amide bonds. The van der Waals surface area contributed by atoms with E-state index in [0.29, 0.717) is 22.6 Å². The van der Waals surface area contributed by atoms with Crippen molar-refractivity contribution in [3.05, 3.63) is 162 Å². The third-order valence-corrected chi connectivity index (χ3v) is 9.24. The summed E-state index contributed by atoms with van der Waals surface area (Å²) in [5, 5.41) is 12.8. The van der Waals surface area contributed by atoms with Gasteiger partial charge in [0.25, 0.3) is 0 Å². The van der Waals surface area contributed by atoms with E-state index in [0.717, 1.165) is 33.2 Å². The Morgan fingerprint density at radius 1 is 0.667 bits per heavy atom. The van der Waals surface area contributed by atoms with Gasteiger partial charge in [-0.3, -0.25) is 0 Å². The van der Waals surface area contributed by atoms with Crippen molar-refractivity contribution in [2.24, 2.45) is 0 Å². The maximum atomic E-state index is 10.6. The quantitative estimate of drug-likeness (QED) is 0.195. The predicted octanol–water partition coefficient (Wildman–Crippen LogP) is 11.0. The van der Waals surface area contributed by atoms with E-state index in [1.807, 2.05) is 42.5 Å². The standard InChI is InChI=1S/C41H28N4/c1-41(2)34-18-10-7-15-30(34)31-23-22-29(25-35(31)41)44(28-13-5-4-6-14-28)40-36(43-3)24-21-27(26-42)39(40)45-37-19-11-8-16-32(37)33-17-9-12-20-38(33)45/h4-25H,1-2H3. The second kappa shape index (κ2) is 9.98. The summed E-state index contributed by atoms with van der Waals surface area (Å²) in [5.41, 5.74) is 11.0. The first-order valence-corrected chi connectivity index (χ1v) is 15.1. The minimum absolute atomic E-state index is 0.197. The molecule has 6 aromatic carbocycles. The summed E-state index contributed by atoms with van der Waals surface area (Å²) in [4.78, 5) is 6.23. The van der Waals surface area contributed by atoms with Gasteiger partial charge in [0, 0.05) is 27.6 Å². The van der Waals surface area contributed by atoms with Gasteiger partial charge in [-0.1, -0.05) is 111 Å². The van der Waals surface area contributed by atoms with Crippen LogP contribution in [0.15, 0.2) is 133 Å². The summed E-state index contributed by atoms with van der Waals surface area (Å²) in [5.74, 6) is 0. The molecule has 7 aromatic rings. The van der Waals surface area contributed by atoms with Crippen molar-refractivity contribution in [3.63, 3.8) is 0 Å². The summed E-state index contributed by atoms with van der Waals surface area (Å²) >= 11 is 0. The highest BCUT2D eigenvalue weighted by atomic mass is 15.2. The topological polar surface area (TPSA) is 36.3 Å². The van der Waals surface area contributed by atoms with Crippen molar-refractivity contribution in [2.75, 3.05) is 4.90 Å². The minimum Gasteiger partial charge on any atom is -0.318 e. The maximum absolute atomic E-state index is 10.6. The van der Waals surface area contributed by atoms with Crippen LogP contribution in [0.1, 0.15) is 30.5 Å². The van der Waals surface area contributed by atoms with Crippen LogP contribution in [-0.2, 0) is 5.41 Å². The second-order valence-electron chi connectivity index (χ2n) is 12.0. The fraction of sp³-hybridized carbons (Fsp3) is 0.0732. The number of fused-ring (bicyclic) bond motifs is 6. The van der Waals surface area contributed by atoms with Crippen molar-refractivity contribution in [2.45, 2.75) is 19.3 Å². The van der Waals surface area contributed by atoms with E-state index >= 15 is 0 Å². The molecule has 0 fully saturated rings. The number of rotatable bonds is 4. The van der Waals surface area contributed by atoms with Gasteiger partial charge in [0.1, 0.15) is 6.07 Å². The average Bonchev–Trinajstić information content (AvgIpc) is 3.54. The Balaban J connectivity index is 1.49. The molecule has 0 spiro atoms. The van der Waals surface area contributed by atoms with Gasteiger partial charge in [0.2, 0.25) is 5.69 Å². The Morgan fingerprint density at radius 2 is 1.29 bits per heavy atom. The number of anilines is 3.